The summed E-state index contributed by atoms with van der Waals surface area (Å²) >= 11 is 1.29. The average Bonchev–Trinajstić information content (AvgIpc) is 3.33. The highest BCUT2D eigenvalue weighted by atomic mass is 32.2. The van der Waals surface area contributed by atoms with Gasteiger partial charge in [0.15, 0.2) is 9.84 Å². The van der Waals surface area contributed by atoms with Gasteiger partial charge < -0.3 is 34.6 Å². The van der Waals surface area contributed by atoms with Gasteiger partial charge in [-0.25, -0.2) is 22.8 Å². The number of hydrogen-bond acceptors (Lipinski definition) is 13. The number of nitrogens with one attached hydrogen (secondary N) is 2. The molecule has 0 aliphatic carbocycles. The molecule has 3 amide bonds. The number of esters is 3. The van der Waals surface area contributed by atoms with Crippen molar-refractivity contribution in [3.05, 3.63) is 47.7 Å². The van der Waals surface area contributed by atoms with E-state index in [4.69, 9.17) is 9.47 Å². The summed E-state index contributed by atoms with van der Waals surface area (Å²) in [6, 6.07) is 4.30. The number of benzene rings is 1. The van der Waals surface area contributed by atoms with Crippen molar-refractivity contribution in [1.29, 1.82) is 0 Å². The summed E-state index contributed by atoms with van der Waals surface area (Å²) in [5.74, 6) is -4.05. The third-order valence-electron chi connectivity index (χ3n) is 8.87. The van der Waals surface area contributed by atoms with Crippen molar-refractivity contribution in [2.24, 2.45) is 0 Å². The van der Waals surface area contributed by atoms with Gasteiger partial charge in [0.2, 0.25) is 24.5 Å². The Kier molecular flexibility index (Phi) is 8.85. The van der Waals surface area contributed by atoms with Crippen LogP contribution >= 0.6 is 11.8 Å². The number of sulfone groups is 1. The minimum absolute atomic E-state index is 0.207. The lowest BCUT2D eigenvalue weighted by atomic mass is 9.95. The van der Waals surface area contributed by atoms with E-state index in [1.807, 2.05) is 0 Å². The molecule has 2 N–H and O–H groups in total. The third kappa shape index (κ3) is 5.72. The number of carbonyl (C=O) groups excluding carboxylic acids is 6. The minimum Gasteiger partial charge on any atom is -0.466 e. The molecule has 4 aliphatic heterocycles. The fourth-order valence-electron chi connectivity index (χ4n) is 6.33. The van der Waals surface area contributed by atoms with E-state index in [1.165, 1.54) is 43.7 Å². The van der Waals surface area contributed by atoms with Crippen molar-refractivity contribution in [3.63, 3.8) is 0 Å². The number of carbonyl (C=O) groups is 6. The molecule has 47 heavy (non-hydrogen) atoms. The van der Waals surface area contributed by atoms with Gasteiger partial charge in [0, 0.05) is 16.5 Å². The summed E-state index contributed by atoms with van der Waals surface area (Å²) in [4.78, 5) is 79.2. The Morgan fingerprint density at radius 1 is 1.02 bits per heavy atom. The predicted molar refractivity (Wildman–Crippen MR) is 165 cm³/mol. The van der Waals surface area contributed by atoms with Gasteiger partial charge >= 0.3 is 17.9 Å². The smallest absolute Gasteiger partial charge is 0.333 e. The number of hydrogen-bond donors (Lipinski definition) is 2. The van der Waals surface area contributed by atoms with Crippen LogP contribution in [0.15, 0.2) is 42.1 Å². The molecule has 1 aromatic carbocycles. The van der Waals surface area contributed by atoms with Gasteiger partial charge in [-0.1, -0.05) is 30.3 Å². The van der Waals surface area contributed by atoms with Crippen LogP contribution in [0.4, 0.5) is 0 Å². The molecule has 0 unspecified atom stereocenters. The number of β-lactam (4-membered cyclic amide) rings is 2. The zero-order valence-electron chi connectivity index (χ0n) is 26.5. The van der Waals surface area contributed by atoms with Crippen molar-refractivity contribution in [1.82, 2.24) is 20.4 Å². The summed E-state index contributed by atoms with van der Waals surface area (Å²) < 4.78 is 38.1. The fourth-order valence-corrected chi connectivity index (χ4v) is 10.1. The number of fused-ring (bicyclic) bond motifs is 2. The van der Waals surface area contributed by atoms with Crippen LogP contribution in [0.2, 0.25) is 0 Å². The van der Waals surface area contributed by atoms with Gasteiger partial charge in [-0.05, 0) is 40.2 Å². The molecule has 0 spiro atoms. The molecule has 4 fully saturated rings. The first-order valence-electron chi connectivity index (χ1n) is 14.7. The predicted octanol–water partition coefficient (Wildman–Crippen LogP) is 0.119. The molecule has 0 bridgehead atoms. The lowest BCUT2D eigenvalue weighted by molar-refractivity contribution is -0.181. The molecule has 5 rings (SSSR count). The second-order valence-corrected chi connectivity index (χ2v) is 17.1. The normalized spacial score (nSPS) is 28.6. The first kappa shape index (κ1) is 34.2. The van der Waals surface area contributed by atoms with Crippen molar-refractivity contribution < 1.29 is 51.4 Å². The van der Waals surface area contributed by atoms with Crippen LogP contribution in [-0.4, -0.2) is 106 Å². The van der Waals surface area contributed by atoms with E-state index < -0.39 is 96.7 Å². The van der Waals surface area contributed by atoms with Gasteiger partial charge in [-0.15, -0.1) is 11.8 Å². The van der Waals surface area contributed by atoms with Crippen molar-refractivity contribution >= 4 is 57.2 Å². The molecule has 254 valence electrons. The van der Waals surface area contributed by atoms with Gasteiger partial charge in [0.05, 0.1) is 18.3 Å². The second kappa shape index (κ2) is 12.2. The highest BCUT2D eigenvalue weighted by Gasteiger charge is 2.68. The van der Waals surface area contributed by atoms with Crippen LogP contribution in [0, 0.1) is 0 Å². The number of rotatable bonds is 10. The lowest BCUT2D eigenvalue weighted by Gasteiger charge is -2.44. The standard InChI is InChI=1S/C30H36N4O11S2/c1-15(12-19(36)43-6)31-20(16-10-8-7-9-11-16)24(37)32-21-25(38)34-22(29(2,3)46-26(21)34)27(39)44-14-45-28(40)23-30(4,5)47(41,42)18-13-17(35)33(18)23/h7-12,18,20-23,26,31H,13-14H2,1-6H3,(H,32,37)/b15-12+/t18-,20-,21-,22+,23+,26-/m1/s1. The molecule has 0 radical (unpaired) electrons. The first-order chi connectivity index (χ1) is 21.9. The summed E-state index contributed by atoms with van der Waals surface area (Å²) in [6.45, 7) is 6.88. The van der Waals surface area contributed by atoms with E-state index in [9.17, 15) is 37.2 Å². The molecule has 4 aliphatic rings. The summed E-state index contributed by atoms with van der Waals surface area (Å²) in [6.07, 6.45) is 0.987. The van der Waals surface area contributed by atoms with Crippen molar-refractivity contribution in [3.8, 4) is 0 Å². The zero-order valence-corrected chi connectivity index (χ0v) is 28.2. The summed E-state index contributed by atoms with van der Waals surface area (Å²) in [5.41, 5.74) is 0.936. The van der Waals surface area contributed by atoms with Crippen LogP contribution in [0.25, 0.3) is 0 Å². The number of nitrogens with zero attached hydrogens (tertiary/aromatic N) is 2. The summed E-state index contributed by atoms with van der Waals surface area (Å²) in [5, 5.41) is 4.05. The largest absolute Gasteiger partial charge is 0.466 e. The van der Waals surface area contributed by atoms with Gasteiger partial charge in [0.1, 0.15) is 34.9 Å². The maximum absolute atomic E-state index is 13.5. The molecule has 4 heterocycles. The number of allylic oxidation sites excluding steroid dienone is 1. The number of thioether (sulfide) groups is 1. The SMILES string of the molecule is COC(=O)/C=C(\C)N[C@@H](C(=O)N[C@@H]1C(=O)N2[C@@H]1SC(C)(C)[C@@H]2C(=O)OCOC(=O)[C@@H]1N2C(=O)C[C@H]2S(=O)(=O)C1(C)C)c1ccccc1. The quantitative estimate of drug-likeness (QED) is 0.145. The third-order valence-corrected chi connectivity index (χ3v) is 13.2. The topological polar surface area (TPSA) is 195 Å². The number of ether oxygens (including phenoxy) is 3. The van der Waals surface area contributed by atoms with Crippen LogP contribution in [0.5, 0.6) is 0 Å². The van der Waals surface area contributed by atoms with E-state index in [1.54, 1.807) is 51.1 Å². The molecular formula is C30H36N4O11S2. The van der Waals surface area contributed by atoms with Crippen LogP contribution in [0.3, 0.4) is 0 Å². The fraction of sp³-hybridized carbons (Fsp3) is 0.533. The van der Waals surface area contributed by atoms with Gasteiger partial charge in [0.25, 0.3) is 0 Å². The van der Waals surface area contributed by atoms with Crippen LogP contribution in [-0.2, 0) is 52.8 Å². The maximum atomic E-state index is 13.5. The average molecular weight is 693 g/mol. The molecule has 0 aromatic heterocycles. The zero-order chi connectivity index (χ0) is 34.6. The lowest BCUT2D eigenvalue weighted by Crippen LogP contribution is -2.71. The molecule has 6 atom stereocenters. The monoisotopic (exact) mass is 692 g/mol. The highest BCUT2D eigenvalue weighted by Crippen LogP contribution is 2.51. The van der Waals surface area contributed by atoms with E-state index in [0.717, 1.165) is 4.90 Å². The Balaban J connectivity index is 1.22. The van der Waals surface area contributed by atoms with E-state index in [2.05, 4.69) is 15.4 Å². The molecule has 1 aromatic rings. The molecular weight excluding hydrogens is 656 g/mol. The second-order valence-electron chi connectivity index (χ2n) is 12.6. The van der Waals surface area contributed by atoms with E-state index in [0.29, 0.717) is 11.3 Å². The molecule has 17 heteroatoms. The Hall–Kier alpha value is -4.12. The summed E-state index contributed by atoms with van der Waals surface area (Å²) in [7, 11) is -2.60. The van der Waals surface area contributed by atoms with Crippen LogP contribution < -0.4 is 10.6 Å². The van der Waals surface area contributed by atoms with Gasteiger partial charge in [-0.3, -0.25) is 14.4 Å². The highest BCUT2D eigenvalue weighted by molar-refractivity contribution is 8.01. The van der Waals surface area contributed by atoms with E-state index >= 15 is 0 Å². The first-order valence-corrected chi connectivity index (χ1v) is 17.1. The Labute approximate surface area is 275 Å². The van der Waals surface area contributed by atoms with Crippen molar-refractivity contribution in [2.45, 2.75) is 85.4 Å². The molecule has 4 saturated heterocycles. The van der Waals surface area contributed by atoms with Crippen LogP contribution in [0.1, 0.15) is 52.6 Å². The Morgan fingerprint density at radius 3 is 2.23 bits per heavy atom. The number of amides is 3. The molecule has 0 saturated carbocycles. The van der Waals surface area contributed by atoms with Crippen molar-refractivity contribution in [2.75, 3.05) is 13.9 Å². The molecule has 15 nitrogen and oxygen atoms in total. The maximum Gasteiger partial charge on any atom is 0.333 e. The van der Waals surface area contributed by atoms with Gasteiger partial charge in [-0.2, -0.15) is 0 Å². The Morgan fingerprint density at radius 2 is 1.64 bits per heavy atom. The number of methoxy groups -OCH3 is 1. The van der Waals surface area contributed by atoms with E-state index in [-0.39, 0.29) is 6.42 Å². The minimum atomic E-state index is -3.83. The Bertz CT molecular complexity index is 1660.